The van der Waals surface area contributed by atoms with Crippen LogP contribution in [0.5, 0.6) is 23.0 Å². The summed E-state index contributed by atoms with van der Waals surface area (Å²) in [7, 11) is 0. The number of ether oxygens (including phenoxy) is 6. The van der Waals surface area contributed by atoms with Crippen LogP contribution in [0.1, 0.15) is 64.8 Å². The molecule has 0 aliphatic heterocycles. The Kier molecular flexibility index (Phi) is 15.3. The first kappa shape index (κ1) is 36.1. The number of carbonyl (C=O) groups is 4. The van der Waals surface area contributed by atoms with Crippen LogP contribution in [-0.2, 0) is 19.1 Å². The number of hydrogen-bond donors (Lipinski definition) is 0. The van der Waals surface area contributed by atoms with E-state index in [1.165, 1.54) is 0 Å². The standard InChI is InChI=1S/C37H40O10/c1-4-34(38)44-24-10-6-8-22-42-30-16-12-28(13-17-30)36(40)46-32-20-21-33(27(3)26-32)47-37(41)29-14-18-31(19-15-29)43-23-9-7-11-25-45-35(39)5-2/h4-5,12-21,26H,1-2,6-11,22-25H2,3H3. The maximum absolute atomic E-state index is 12.7. The van der Waals surface area contributed by atoms with Crippen LogP contribution in [0.15, 0.2) is 92.0 Å². The summed E-state index contributed by atoms with van der Waals surface area (Å²) >= 11 is 0. The summed E-state index contributed by atoms with van der Waals surface area (Å²) in [6, 6.07) is 18.0. The second-order valence-electron chi connectivity index (χ2n) is 10.3. The molecule has 0 amide bonds. The number of rotatable bonds is 20. The first-order chi connectivity index (χ1) is 22.8. The molecule has 47 heavy (non-hydrogen) atoms. The highest BCUT2D eigenvalue weighted by Gasteiger charge is 2.14. The average Bonchev–Trinajstić information content (AvgIpc) is 3.08. The van der Waals surface area contributed by atoms with Gasteiger partial charge in [-0.3, -0.25) is 0 Å². The van der Waals surface area contributed by atoms with Crippen molar-refractivity contribution in [2.75, 3.05) is 26.4 Å². The maximum Gasteiger partial charge on any atom is 0.343 e. The highest BCUT2D eigenvalue weighted by molar-refractivity contribution is 5.92. The molecule has 0 saturated carbocycles. The van der Waals surface area contributed by atoms with E-state index in [1.807, 2.05) is 0 Å². The van der Waals surface area contributed by atoms with Crippen LogP contribution < -0.4 is 18.9 Å². The van der Waals surface area contributed by atoms with Crippen LogP contribution in [-0.4, -0.2) is 50.3 Å². The third-order valence-corrected chi connectivity index (χ3v) is 6.68. The zero-order valence-corrected chi connectivity index (χ0v) is 26.6. The van der Waals surface area contributed by atoms with Gasteiger partial charge in [0.25, 0.3) is 0 Å². The monoisotopic (exact) mass is 644 g/mol. The fourth-order valence-electron chi connectivity index (χ4n) is 4.10. The van der Waals surface area contributed by atoms with Crippen molar-refractivity contribution >= 4 is 23.9 Å². The summed E-state index contributed by atoms with van der Waals surface area (Å²) in [5.74, 6) is -0.0142. The number of carbonyl (C=O) groups excluding carboxylic acids is 4. The van der Waals surface area contributed by atoms with E-state index in [2.05, 4.69) is 13.2 Å². The lowest BCUT2D eigenvalue weighted by molar-refractivity contribution is -0.138. The van der Waals surface area contributed by atoms with Crippen molar-refractivity contribution in [2.24, 2.45) is 0 Å². The normalized spacial score (nSPS) is 10.3. The van der Waals surface area contributed by atoms with Gasteiger partial charge in [0.05, 0.1) is 37.6 Å². The first-order valence-corrected chi connectivity index (χ1v) is 15.4. The molecule has 10 heteroatoms. The first-order valence-electron chi connectivity index (χ1n) is 15.4. The second kappa shape index (κ2) is 19.9. The number of aryl methyl sites for hydroxylation is 1. The lowest BCUT2D eigenvalue weighted by Crippen LogP contribution is -2.10. The molecule has 248 valence electrons. The van der Waals surface area contributed by atoms with E-state index in [9.17, 15) is 19.2 Å². The van der Waals surface area contributed by atoms with E-state index in [0.29, 0.717) is 66.1 Å². The fourth-order valence-corrected chi connectivity index (χ4v) is 4.10. The number of hydrogen-bond acceptors (Lipinski definition) is 10. The van der Waals surface area contributed by atoms with Gasteiger partial charge in [-0.25, -0.2) is 19.2 Å². The summed E-state index contributed by atoms with van der Waals surface area (Å²) in [4.78, 5) is 47.4. The number of esters is 4. The zero-order chi connectivity index (χ0) is 33.9. The maximum atomic E-state index is 12.7. The van der Waals surface area contributed by atoms with E-state index in [1.54, 1.807) is 73.7 Å². The summed E-state index contributed by atoms with van der Waals surface area (Å²) < 4.78 is 32.4. The highest BCUT2D eigenvalue weighted by atomic mass is 16.5. The van der Waals surface area contributed by atoms with Crippen molar-refractivity contribution in [3.63, 3.8) is 0 Å². The summed E-state index contributed by atoms with van der Waals surface area (Å²) in [6.45, 7) is 10.1. The Hall–Kier alpha value is -5.38. The predicted molar refractivity (Wildman–Crippen MR) is 175 cm³/mol. The van der Waals surface area contributed by atoms with E-state index in [4.69, 9.17) is 28.4 Å². The Labute approximate surface area is 274 Å². The molecule has 0 fully saturated rings. The quantitative estimate of drug-likeness (QED) is 0.0550. The third kappa shape index (κ3) is 13.2. The van der Waals surface area contributed by atoms with Crippen LogP contribution in [0.3, 0.4) is 0 Å². The van der Waals surface area contributed by atoms with Gasteiger partial charge in [-0.1, -0.05) is 13.2 Å². The predicted octanol–water partition coefficient (Wildman–Crippen LogP) is 6.99. The molecule has 3 aromatic rings. The molecular weight excluding hydrogens is 604 g/mol. The van der Waals surface area contributed by atoms with Crippen LogP contribution in [0, 0.1) is 6.92 Å². The molecule has 0 unspecified atom stereocenters. The van der Waals surface area contributed by atoms with Gasteiger partial charge in [0.1, 0.15) is 23.0 Å². The van der Waals surface area contributed by atoms with E-state index in [-0.39, 0.29) is 0 Å². The molecule has 0 saturated heterocycles. The number of benzene rings is 3. The molecule has 0 atom stereocenters. The summed E-state index contributed by atoms with van der Waals surface area (Å²) in [5.41, 5.74) is 1.33. The topological polar surface area (TPSA) is 124 Å². The van der Waals surface area contributed by atoms with Crippen molar-refractivity contribution in [3.05, 3.63) is 109 Å². The van der Waals surface area contributed by atoms with Crippen LogP contribution >= 0.6 is 0 Å². The van der Waals surface area contributed by atoms with E-state index >= 15 is 0 Å². The Bertz CT molecular complexity index is 1490. The lowest BCUT2D eigenvalue weighted by Gasteiger charge is -2.11. The molecule has 0 aliphatic rings. The molecule has 0 bridgehead atoms. The van der Waals surface area contributed by atoms with Gasteiger partial charge in [-0.2, -0.15) is 0 Å². The molecule has 0 N–H and O–H groups in total. The van der Waals surface area contributed by atoms with Gasteiger partial charge >= 0.3 is 23.9 Å². The Morgan fingerprint density at radius 2 is 0.979 bits per heavy atom. The third-order valence-electron chi connectivity index (χ3n) is 6.68. The lowest BCUT2D eigenvalue weighted by atomic mass is 10.2. The van der Waals surface area contributed by atoms with E-state index < -0.39 is 23.9 Å². The number of unbranched alkanes of at least 4 members (excludes halogenated alkanes) is 4. The highest BCUT2D eigenvalue weighted by Crippen LogP contribution is 2.26. The largest absolute Gasteiger partial charge is 0.494 e. The molecule has 0 spiro atoms. The second-order valence-corrected chi connectivity index (χ2v) is 10.3. The molecule has 3 rings (SSSR count). The molecule has 0 heterocycles. The van der Waals surface area contributed by atoms with Gasteiger partial charge in [-0.15, -0.1) is 0 Å². The Morgan fingerprint density at radius 3 is 1.43 bits per heavy atom. The Morgan fingerprint density at radius 1 is 0.553 bits per heavy atom. The zero-order valence-electron chi connectivity index (χ0n) is 26.6. The Balaban J connectivity index is 1.38. The molecule has 0 aliphatic carbocycles. The average molecular weight is 645 g/mol. The minimum atomic E-state index is -0.536. The summed E-state index contributed by atoms with van der Waals surface area (Å²) in [6.07, 6.45) is 7.03. The minimum absolute atomic E-state index is 0.311. The smallest absolute Gasteiger partial charge is 0.343 e. The van der Waals surface area contributed by atoms with Crippen molar-refractivity contribution in [1.82, 2.24) is 0 Å². The minimum Gasteiger partial charge on any atom is -0.494 e. The van der Waals surface area contributed by atoms with Crippen LogP contribution in [0.25, 0.3) is 0 Å². The van der Waals surface area contributed by atoms with Crippen molar-refractivity contribution in [2.45, 2.75) is 45.4 Å². The molecule has 3 aromatic carbocycles. The van der Waals surface area contributed by atoms with Gasteiger partial charge in [0.15, 0.2) is 0 Å². The fraction of sp³-hybridized carbons (Fsp3) is 0.297. The molecule has 0 aromatic heterocycles. The van der Waals surface area contributed by atoms with Gasteiger partial charge in [0.2, 0.25) is 0 Å². The van der Waals surface area contributed by atoms with Gasteiger partial charge in [0, 0.05) is 12.2 Å². The van der Waals surface area contributed by atoms with Crippen molar-refractivity contribution in [3.8, 4) is 23.0 Å². The summed E-state index contributed by atoms with van der Waals surface area (Å²) in [5, 5.41) is 0. The van der Waals surface area contributed by atoms with Crippen molar-refractivity contribution < 1.29 is 47.6 Å². The van der Waals surface area contributed by atoms with Gasteiger partial charge < -0.3 is 28.4 Å². The molecule has 10 nitrogen and oxygen atoms in total. The van der Waals surface area contributed by atoms with Crippen LogP contribution in [0.4, 0.5) is 0 Å². The molecular formula is C37H40O10. The van der Waals surface area contributed by atoms with E-state index in [0.717, 1.165) is 50.7 Å². The van der Waals surface area contributed by atoms with Gasteiger partial charge in [-0.05, 0) is 118 Å². The molecule has 0 radical (unpaired) electrons. The van der Waals surface area contributed by atoms with Crippen LogP contribution in [0.2, 0.25) is 0 Å². The van der Waals surface area contributed by atoms with Crippen molar-refractivity contribution in [1.29, 1.82) is 0 Å². The SMILES string of the molecule is C=CC(=O)OCCCCCOc1ccc(C(=O)Oc2ccc(OC(=O)c3ccc(OCCCCCOC(=O)C=C)cc3)c(C)c2)cc1.